The van der Waals surface area contributed by atoms with Crippen molar-refractivity contribution < 1.29 is 13.6 Å². The number of carbonyl (C=O) groups excluding carboxylic acids is 1. The van der Waals surface area contributed by atoms with Crippen LogP contribution in [0.5, 0.6) is 0 Å². The molecule has 0 bridgehead atoms. The van der Waals surface area contributed by atoms with E-state index in [0.717, 1.165) is 21.1 Å². The van der Waals surface area contributed by atoms with E-state index in [1.54, 1.807) is 11.4 Å². The molecule has 0 radical (unpaired) electrons. The van der Waals surface area contributed by atoms with Crippen LogP contribution in [0.4, 0.5) is 14.5 Å². The highest BCUT2D eigenvalue weighted by atomic mass is 127. The van der Waals surface area contributed by atoms with Gasteiger partial charge in [0.15, 0.2) is 0 Å². The SMILES string of the molecule is O=C(Nc1cc(F)cc(F)c1)c1csc(I)c1. The zero-order chi connectivity index (χ0) is 12.4. The van der Waals surface area contributed by atoms with E-state index in [2.05, 4.69) is 27.9 Å². The smallest absolute Gasteiger partial charge is 0.256 e. The highest BCUT2D eigenvalue weighted by Gasteiger charge is 2.09. The van der Waals surface area contributed by atoms with Crippen molar-refractivity contribution >= 4 is 45.5 Å². The molecular formula is C11H6F2INOS. The maximum absolute atomic E-state index is 12.9. The topological polar surface area (TPSA) is 29.1 Å². The van der Waals surface area contributed by atoms with Gasteiger partial charge in [-0.1, -0.05) is 0 Å². The molecule has 17 heavy (non-hydrogen) atoms. The second-order valence-electron chi connectivity index (χ2n) is 3.25. The fourth-order valence-electron chi connectivity index (χ4n) is 1.26. The number of thiophene rings is 1. The predicted molar refractivity (Wildman–Crippen MR) is 71.3 cm³/mol. The van der Waals surface area contributed by atoms with Crippen LogP contribution in [0, 0.1) is 14.5 Å². The number of amides is 1. The Labute approximate surface area is 114 Å². The average Bonchev–Trinajstić information content (AvgIpc) is 2.63. The number of rotatable bonds is 2. The molecule has 1 N–H and O–H groups in total. The molecule has 1 aromatic carbocycles. The lowest BCUT2D eigenvalue weighted by atomic mass is 10.2. The number of nitrogens with one attached hydrogen (secondary N) is 1. The van der Waals surface area contributed by atoms with Gasteiger partial charge in [0.05, 0.1) is 8.45 Å². The van der Waals surface area contributed by atoms with Gasteiger partial charge in [0, 0.05) is 17.1 Å². The van der Waals surface area contributed by atoms with Crippen LogP contribution in [-0.4, -0.2) is 5.91 Å². The Balaban J connectivity index is 2.18. The second kappa shape index (κ2) is 5.09. The number of hydrogen-bond acceptors (Lipinski definition) is 2. The van der Waals surface area contributed by atoms with Gasteiger partial charge in [0.2, 0.25) is 0 Å². The third kappa shape index (κ3) is 3.22. The van der Waals surface area contributed by atoms with Crippen molar-refractivity contribution in [2.24, 2.45) is 0 Å². The van der Waals surface area contributed by atoms with Crippen LogP contribution >= 0.6 is 33.9 Å². The normalized spacial score (nSPS) is 10.3. The standard InChI is InChI=1S/C11H6F2INOS/c12-7-2-8(13)4-9(3-7)15-11(16)6-1-10(14)17-5-6/h1-5H,(H,15,16). The van der Waals surface area contributed by atoms with Crippen molar-refractivity contribution in [3.05, 3.63) is 49.7 Å². The summed E-state index contributed by atoms with van der Waals surface area (Å²) in [7, 11) is 0. The minimum atomic E-state index is -0.722. The average molecular weight is 365 g/mol. The highest BCUT2D eigenvalue weighted by Crippen LogP contribution is 2.19. The van der Waals surface area contributed by atoms with Crippen molar-refractivity contribution in [3.63, 3.8) is 0 Å². The number of halogens is 3. The van der Waals surface area contributed by atoms with Gasteiger partial charge in [-0.05, 0) is 40.8 Å². The summed E-state index contributed by atoms with van der Waals surface area (Å²) >= 11 is 3.52. The largest absolute Gasteiger partial charge is 0.322 e. The van der Waals surface area contributed by atoms with Crippen LogP contribution in [-0.2, 0) is 0 Å². The molecule has 1 aromatic heterocycles. The van der Waals surface area contributed by atoms with Crippen LogP contribution in [0.25, 0.3) is 0 Å². The van der Waals surface area contributed by atoms with Crippen LogP contribution in [0.15, 0.2) is 29.6 Å². The van der Waals surface area contributed by atoms with E-state index in [4.69, 9.17) is 0 Å². The number of anilines is 1. The van der Waals surface area contributed by atoms with Crippen LogP contribution in [0.1, 0.15) is 10.4 Å². The third-order valence-electron chi connectivity index (χ3n) is 1.95. The van der Waals surface area contributed by atoms with Crippen LogP contribution < -0.4 is 5.32 Å². The van der Waals surface area contributed by atoms with Crippen LogP contribution in [0.3, 0.4) is 0 Å². The van der Waals surface area contributed by atoms with Gasteiger partial charge in [0.1, 0.15) is 11.6 Å². The zero-order valence-electron chi connectivity index (χ0n) is 8.34. The van der Waals surface area contributed by atoms with Gasteiger partial charge in [-0.15, -0.1) is 11.3 Å². The monoisotopic (exact) mass is 365 g/mol. The van der Waals surface area contributed by atoms with E-state index in [9.17, 15) is 13.6 Å². The molecule has 1 heterocycles. The molecular weight excluding hydrogens is 359 g/mol. The van der Waals surface area contributed by atoms with Crippen LogP contribution in [0.2, 0.25) is 0 Å². The minimum Gasteiger partial charge on any atom is -0.322 e. The first-order valence-electron chi connectivity index (χ1n) is 4.56. The number of carbonyl (C=O) groups is 1. The Bertz CT molecular complexity index is 550. The number of hydrogen-bond donors (Lipinski definition) is 1. The maximum atomic E-state index is 12.9. The molecule has 0 saturated heterocycles. The fraction of sp³-hybridized carbons (Fsp3) is 0. The van der Waals surface area contributed by atoms with Crippen molar-refractivity contribution in [1.29, 1.82) is 0 Å². The summed E-state index contributed by atoms with van der Waals surface area (Å²) in [5.74, 6) is -1.82. The summed E-state index contributed by atoms with van der Waals surface area (Å²) < 4.78 is 26.8. The van der Waals surface area contributed by atoms with Gasteiger partial charge < -0.3 is 5.32 Å². The van der Waals surface area contributed by atoms with E-state index >= 15 is 0 Å². The molecule has 0 unspecified atom stereocenters. The molecule has 0 aliphatic rings. The first kappa shape index (κ1) is 12.4. The lowest BCUT2D eigenvalue weighted by molar-refractivity contribution is 0.102. The molecule has 0 aliphatic carbocycles. The summed E-state index contributed by atoms with van der Waals surface area (Å²) in [6.07, 6.45) is 0. The molecule has 0 aliphatic heterocycles. The molecule has 2 rings (SSSR count). The summed E-state index contributed by atoms with van der Waals surface area (Å²) in [6, 6.07) is 4.59. The molecule has 1 amide bonds. The van der Waals surface area contributed by atoms with Crippen molar-refractivity contribution in [2.75, 3.05) is 5.32 Å². The second-order valence-corrected chi connectivity index (χ2v) is 6.06. The summed E-state index contributed by atoms with van der Waals surface area (Å²) in [4.78, 5) is 11.7. The van der Waals surface area contributed by atoms with Crippen molar-refractivity contribution in [2.45, 2.75) is 0 Å². The predicted octanol–water partition coefficient (Wildman–Crippen LogP) is 3.88. The van der Waals surface area contributed by atoms with E-state index < -0.39 is 11.6 Å². The Hall–Kier alpha value is -1.02. The lowest BCUT2D eigenvalue weighted by Gasteiger charge is -2.03. The molecule has 6 heteroatoms. The van der Waals surface area contributed by atoms with E-state index in [-0.39, 0.29) is 11.6 Å². The molecule has 2 nitrogen and oxygen atoms in total. The first-order chi connectivity index (χ1) is 8.04. The lowest BCUT2D eigenvalue weighted by Crippen LogP contribution is -2.11. The Morgan fingerprint density at radius 3 is 2.35 bits per heavy atom. The Morgan fingerprint density at radius 2 is 1.82 bits per heavy atom. The molecule has 88 valence electrons. The molecule has 0 saturated carbocycles. The molecule has 0 spiro atoms. The Morgan fingerprint density at radius 1 is 1.18 bits per heavy atom. The van der Waals surface area contributed by atoms with E-state index in [0.29, 0.717) is 5.56 Å². The molecule has 0 atom stereocenters. The highest BCUT2D eigenvalue weighted by molar-refractivity contribution is 14.1. The van der Waals surface area contributed by atoms with Crippen molar-refractivity contribution in [3.8, 4) is 0 Å². The van der Waals surface area contributed by atoms with Gasteiger partial charge in [-0.3, -0.25) is 4.79 Å². The third-order valence-corrected chi connectivity index (χ3v) is 3.74. The molecule has 2 aromatic rings. The number of benzene rings is 1. The van der Waals surface area contributed by atoms with E-state index in [1.807, 2.05) is 0 Å². The zero-order valence-corrected chi connectivity index (χ0v) is 11.3. The summed E-state index contributed by atoms with van der Waals surface area (Å²) in [5, 5.41) is 4.12. The minimum absolute atomic E-state index is 0.105. The Kier molecular flexibility index (Phi) is 3.72. The molecule has 0 fully saturated rings. The van der Waals surface area contributed by atoms with E-state index in [1.165, 1.54) is 11.3 Å². The fourth-order valence-corrected chi connectivity index (χ4v) is 2.58. The first-order valence-corrected chi connectivity index (χ1v) is 6.52. The van der Waals surface area contributed by atoms with Gasteiger partial charge in [-0.25, -0.2) is 8.78 Å². The summed E-state index contributed by atoms with van der Waals surface area (Å²) in [6.45, 7) is 0. The van der Waals surface area contributed by atoms with Crippen molar-refractivity contribution in [1.82, 2.24) is 0 Å². The maximum Gasteiger partial charge on any atom is 0.256 e. The van der Waals surface area contributed by atoms with Gasteiger partial charge in [-0.2, -0.15) is 0 Å². The van der Waals surface area contributed by atoms with Gasteiger partial charge in [0.25, 0.3) is 5.91 Å². The quantitative estimate of drug-likeness (QED) is 0.805. The summed E-state index contributed by atoms with van der Waals surface area (Å²) in [5.41, 5.74) is 0.581. The van der Waals surface area contributed by atoms with Gasteiger partial charge >= 0.3 is 0 Å².